The molecule has 0 N–H and O–H groups in total. The fourth-order valence-electron chi connectivity index (χ4n) is 0.417. The maximum absolute atomic E-state index is 8.35. The molecular weight excluding hydrogens is 122 g/mol. The van der Waals surface area contributed by atoms with Crippen LogP contribution in [-0.2, 0) is 0 Å². The topological polar surface area (TPSA) is 23.8 Å². The SMILES string of the molecule is C=C/C=C/C=C/C(C)C#N. The molecule has 52 valence electrons. The summed E-state index contributed by atoms with van der Waals surface area (Å²) < 4.78 is 0. The van der Waals surface area contributed by atoms with E-state index < -0.39 is 0 Å². The molecule has 0 aromatic heterocycles. The molecule has 0 saturated carbocycles. The Morgan fingerprint density at radius 1 is 1.40 bits per heavy atom. The molecule has 1 atom stereocenters. The molecule has 0 aromatic carbocycles. The molecule has 0 spiro atoms. The number of hydrogen-bond acceptors (Lipinski definition) is 1. The monoisotopic (exact) mass is 133 g/mol. The Kier molecular flexibility index (Phi) is 5.09. The fraction of sp³-hybridized carbons (Fsp3) is 0.222. The molecule has 0 saturated heterocycles. The Bertz CT molecular complexity index is 181. The van der Waals surface area contributed by atoms with Gasteiger partial charge in [0.2, 0.25) is 0 Å². The molecule has 1 heteroatoms. The van der Waals surface area contributed by atoms with E-state index in [4.69, 9.17) is 5.26 Å². The fourth-order valence-corrected chi connectivity index (χ4v) is 0.417. The van der Waals surface area contributed by atoms with Crippen LogP contribution >= 0.6 is 0 Å². The molecule has 0 bridgehead atoms. The summed E-state index contributed by atoms with van der Waals surface area (Å²) in [5.74, 6) is -0.00512. The molecule has 0 rings (SSSR count). The zero-order valence-electron chi connectivity index (χ0n) is 6.12. The summed E-state index contributed by atoms with van der Waals surface area (Å²) in [6, 6.07) is 2.10. The van der Waals surface area contributed by atoms with Crippen molar-refractivity contribution in [1.82, 2.24) is 0 Å². The second kappa shape index (κ2) is 5.84. The molecule has 10 heavy (non-hydrogen) atoms. The van der Waals surface area contributed by atoms with Gasteiger partial charge in [0, 0.05) is 0 Å². The van der Waals surface area contributed by atoms with Crippen molar-refractivity contribution in [3.8, 4) is 6.07 Å². The van der Waals surface area contributed by atoms with E-state index in [1.807, 2.05) is 31.2 Å². The lowest BCUT2D eigenvalue weighted by Gasteiger charge is -1.85. The smallest absolute Gasteiger partial charge is 0.0694 e. The molecule has 0 aliphatic rings. The highest BCUT2D eigenvalue weighted by molar-refractivity contribution is 5.11. The maximum atomic E-state index is 8.35. The summed E-state index contributed by atoms with van der Waals surface area (Å²) >= 11 is 0. The third-order valence-corrected chi connectivity index (χ3v) is 0.962. The third kappa shape index (κ3) is 4.86. The Balaban J connectivity index is 3.67. The van der Waals surface area contributed by atoms with Crippen LogP contribution in [0.3, 0.4) is 0 Å². The van der Waals surface area contributed by atoms with E-state index in [1.54, 1.807) is 6.08 Å². The third-order valence-electron chi connectivity index (χ3n) is 0.962. The van der Waals surface area contributed by atoms with Crippen molar-refractivity contribution in [2.24, 2.45) is 5.92 Å². The molecule has 0 amide bonds. The van der Waals surface area contributed by atoms with Crippen molar-refractivity contribution in [1.29, 1.82) is 5.26 Å². The van der Waals surface area contributed by atoms with Gasteiger partial charge in [-0.25, -0.2) is 0 Å². The average molecular weight is 133 g/mol. The van der Waals surface area contributed by atoms with Gasteiger partial charge in [-0.05, 0) is 6.92 Å². The molecule has 0 aliphatic carbocycles. The van der Waals surface area contributed by atoms with E-state index in [9.17, 15) is 0 Å². The lowest BCUT2D eigenvalue weighted by Crippen LogP contribution is -1.78. The van der Waals surface area contributed by atoms with Crippen molar-refractivity contribution in [3.05, 3.63) is 37.0 Å². The van der Waals surface area contributed by atoms with E-state index in [0.717, 1.165) is 0 Å². The summed E-state index contributed by atoms with van der Waals surface area (Å²) in [5.41, 5.74) is 0. The van der Waals surface area contributed by atoms with Crippen LogP contribution in [0, 0.1) is 17.2 Å². The lowest BCUT2D eigenvalue weighted by molar-refractivity contribution is 0.957. The van der Waals surface area contributed by atoms with Crippen molar-refractivity contribution in [2.45, 2.75) is 6.92 Å². The van der Waals surface area contributed by atoms with E-state index in [-0.39, 0.29) is 5.92 Å². The Morgan fingerprint density at radius 3 is 2.60 bits per heavy atom. The number of rotatable bonds is 3. The first-order chi connectivity index (χ1) is 4.81. The minimum Gasteiger partial charge on any atom is -0.198 e. The first-order valence-corrected chi connectivity index (χ1v) is 3.16. The average Bonchev–Trinajstić information content (AvgIpc) is 1.98. The summed E-state index contributed by atoms with van der Waals surface area (Å²) in [6.07, 6.45) is 9.04. The summed E-state index contributed by atoms with van der Waals surface area (Å²) in [6.45, 7) is 5.36. The highest BCUT2D eigenvalue weighted by Crippen LogP contribution is 1.93. The molecule has 0 heterocycles. The molecule has 1 unspecified atom stereocenters. The van der Waals surface area contributed by atoms with Crippen LogP contribution in [0.4, 0.5) is 0 Å². The van der Waals surface area contributed by atoms with Crippen LogP contribution < -0.4 is 0 Å². The number of hydrogen-bond donors (Lipinski definition) is 0. The van der Waals surface area contributed by atoms with Crippen molar-refractivity contribution in [3.63, 3.8) is 0 Å². The van der Waals surface area contributed by atoms with E-state index in [0.29, 0.717) is 0 Å². The molecule has 0 radical (unpaired) electrons. The number of allylic oxidation sites excluding steroid dienone is 5. The first kappa shape index (κ1) is 8.71. The predicted molar refractivity (Wildman–Crippen MR) is 43.3 cm³/mol. The standard InChI is InChI=1S/C9H11N/c1-3-4-5-6-7-9(2)8-10/h3-7,9H,1H2,2H3/b5-4+,7-6+. The first-order valence-electron chi connectivity index (χ1n) is 3.16. The normalized spacial score (nSPS) is 13.6. The van der Waals surface area contributed by atoms with E-state index >= 15 is 0 Å². The van der Waals surface area contributed by atoms with Crippen LogP contribution in [0.2, 0.25) is 0 Å². The zero-order chi connectivity index (χ0) is 7.82. The minimum absolute atomic E-state index is 0.00512. The number of nitriles is 1. The summed E-state index contributed by atoms with van der Waals surface area (Å²) in [7, 11) is 0. The highest BCUT2D eigenvalue weighted by Gasteiger charge is 1.86. The molecular formula is C9H11N. The van der Waals surface area contributed by atoms with Gasteiger partial charge < -0.3 is 0 Å². The molecule has 0 aliphatic heterocycles. The van der Waals surface area contributed by atoms with Gasteiger partial charge in [0.05, 0.1) is 12.0 Å². The highest BCUT2D eigenvalue weighted by atomic mass is 14.2. The second-order valence-electron chi connectivity index (χ2n) is 1.92. The van der Waals surface area contributed by atoms with Gasteiger partial charge in [-0.2, -0.15) is 5.26 Å². The van der Waals surface area contributed by atoms with Crippen LogP contribution in [0.1, 0.15) is 6.92 Å². The summed E-state index contributed by atoms with van der Waals surface area (Å²) in [5, 5.41) is 8.35. The minimum atomic E-state index is -0.00512. The van der Waals surface area contributed by atoms with E-state index in [2.05, 4.69) is 12.6 Å². The maximum Gasteiger partial charge on any atom is 0.0694 e. The largest absolute Gasteiger partial charge is 0.198 e. The van der Waals surface area contributed by atoms with Gasteiger partial charge in [-0.3, -0.25) is 0 Å². The van der Waals surface area contributed by atoms with Gasteiger partial charge in [-0.15, -0.1) is 0 Å². The van der Waals surface area contributed by atoms with Crippen LogP contribution in [0.25, 0.3) is 0 Å². The van der Waals surface area contributed by atoms with Gasteiger partial charge in [-0.1, -0.05) is 37.0 Å². The quantitative estimate of drug-likeness (QED) is 0.542. The Morgan fingerprint density at radius 2 is 2.10 bits per heavy atom. The van der Waals surface area contributed by atoms with Gasteiger partial charge in [0.25, 0.3) is 0 Å². The van der Waals surface area contributed by atoms with Crippen molar-refractivity contribution >= 4 is 0 Å². The number of nitrogens with zero attached hydrogens (tertiary/aromatic N) is 1. The predicted octanol–water partition coefficient (Wildman–Crippen LogP) is 2.44. The Hall–Kier alpha value is -1.29. The van der Waals surface area contributed by atoms with E-state index in [1.165, 1.54) is 0 Å². The van der Waals surface area contributed by atoms with Crippen LogP contribution in [0.15, 0.2) is 37.0 Å². The zero-order valence-corrected chi connectivity index (χ0v) is 6.12. The Labute approximate surface area is 62.0 Å². The second-order valence-corrected chi connectivity index (χ2v) is 1.92. The van der Waals surface area contributed by atoms with Gasteiger partial charge in [0.1, 0.15) is 0 Å². The van der Waals surface area contributed by atoms with Gasteiger partial charge in [0.15, 0.2) is 0 Å². The van der Waals surface area contributed by atoms with Gasteiger partial charge >= 0.3 is 0 Å². The molecule has 1 nitrogen and oxygen atoms in total. The van der Waals surface area contributed by atoms with Crippen molar-refractivity contribution < 1.29 is 0 Å². The van der Waals surface area contributed by atoms with Crippen LogP contribution in [-0.4, -0.2) is 0 Å². The lowest BCUT2D eigenvalue weighted by atomic mass is 10.2. The molecule has 0 aromatic rings. The molecule has 0 fully saturated rings. The van der Waals surface area contributed by atoms with Crippen molar-refractivity contribution in [2.75, 3.05) is 0 Å². The van der Waals surface area contributed by atoms with Crippen LogP contribution in [0.5, 0.6) is 0 Å². The summed E-state index contributed by atoms with van der Waals surface area (Å²) in [4.78, 5) is 0.